The van der Waals surface area contributed by atoms with E-state index in [0.29, 0.717) is 0 Å². The smallest absolute Gasteiger partial charge is 0.159 e. The molecule has 0 amide bonds. The van der Waals surface area contributed by atoms with Crippen LogP contribution in [0.5, 0.6) is 0 Å². The maximum Gasteiger partial charge on any atom is 0.159 e. The van der Waals surface area contributed by atoms with Gasteiger partial charge >= 0.3 is 0 Å². The Kier molecular flexibility index (Phi) is 8.60. The van der Waals surface area contributed by atoms with Crippen molar-refractivity contribution < 1.29 is 13.3 Å². The molecule has 1 aliphatic rings. The van der Waals surface area contributed by atoms with E-state index in [1.54, 1.807) is 0 Å². The molecule has 5 heteroatoms. The summed E-state index contributed by atoms with van der Waals surface area (Å²) in [6, 6.07) is 84.4. The van der Waals surface area contributed by atoms with Crippen molar-refractivity contribution in [3.05, 3.63) is 242 Å². The molecule has 15 aromatic rings. The molecule has 16 rings (SSSR count). The highest BCUT2D eigenvalue weighted by Crippen LogP contribution is 2.57. The van der Waals surface area contributed by atoms with Crippen molar-refractivity contribution >= 4 is 121 Å². The highest BCUT2D eigenvalue weighted by atomic mass is 16.3. The average Bonchev–Trinajstić information content (AvgIpc) is 4.17. The van der Waals surface area contributed by atoms with Crippen LogP contribution in [0.2, 0.25) is 0 Å². The van der Waals surface area contributed by atoms with Gasteiger partial charge in [0.05, 0.1) is 28.4 Å². The van der Waals surface area contributed by atoms with Gasteiger partial charge in [0.15, 0.2) is 11.2 Å². The number of anilines is 6. The van der Waals surface area contributed by atoms with Crippen LogP contribution in [0.25, 0.3) is 121 Å². The standard InChI is InChI=1S/C69H42N2O3/c1-41-19-8-12-35-56(41)70(58-37-17-32-52-50-30-14-27-44(65(50)73-68(52)58)42-20-4-2-5-21-42)60-39-55-64-54-34-16-29-48-46-24-11-13-36-57(46)71(61(63(48)54)40-62(64)72-67(55)49-26-10-9-25-47(49)60)59-38-18-33-53-51-31-15-28-45(66(51)74-69(53)59)43-22-6-3-7-23-43/h2-40H,1H3. The van der Waals surface area contributed by atoms with Crippen molar-refractivity contribution in [3.63, 3.8) is 0 Å². The first-order chi connectivity index (χ1) is 36.7. The summed E-state index contributed by atoms with van der Waals surface area (Å²) in [7, 11) is 0. The molecule has 0 saturated carbocycles. The minimum atomic E-state index is 0.810. The third-order valence-corrected chi connectivity index (χ3v) is 15.5. The summed E-state index contributed by atoms with van der Waals surface area (Å²) >= 11 is 0. The Hall–Kier alpha value is -9.84. The van der Waals surface area contributed by atoms with Crippen LogP contribution in [0.3, 0.4) is 0 Å². The minimum absolute atomic E-state index is 0.810. The molecule has 0 spiro atoms. The van der Waals surface area contributed by atoms with Crippen LogP contribution in [-0.2, 0) is 0 Å². The van der Waals surface area contributed by atoms with E-state index in [0.717, 1.165) is 155 Å². The van der Waals surface area contributed by atoms with Crippen molar-refractivity contribution in [2.24, 2.45) is 0 Å². The second kappa shape index (κ2) is 15.6. The Labute approximate surface area is 424 Å². The summed E-state index contributed by atoms with van der Waals surface area (Å²) in [5, 5.41) is 10.8. The van der Waals surface area contributed by atoms with E-state index in [1.807, 2.05) is 0 Å². The molecule has 0 atom stereocenters. The number of hydrogen-bond donors (Lipinski definition) is 0. The lowest BCUT2D eigenvalue weighted by atomic mass is 9.89. The molecular formula is C69H42N2O3. The van der Waals surface area contributed by atoms with Crippen LogP contribution in [0.1, 0.15) is 5.56 Å². The van der Waals surface area contributed by atoms with Gasteiger partial charge in [0.2, 0.25) is 0 Å². The van der Waals surface area contributed by atoms with Gasteiger partial charge < -0.3 is 23.1 Å². The Morgan fingerprint density at radius 3 is 1.53 bits per heavy atom. The van der Waals surface area contributed by atoms with Crippen molar-refractivity contribution in [1.82, 2.24) is 0 Å². The fourth-order valence-electron chi connectivity index (χ4n) is 12.3. The molecule has 346 valence electrons. The molecule has 0 saturated heterocycles. The molecule has 0 aliphatic carbocycles. The van der Waals surface area contributed by atoms with Crippen LogP contribution in [0.15, 0.2) is 250 Å². The zero-order valence-electron chi connectivity index (χ0n) is 40.1. The molecular weight excluding hydrogens is 905 g/mol. The molecule has 0 N–H and O–H groups in total. The summed E-state index contributed by atoms with van der Waals surface area (Å²) in [6.45, 7) is 2.19. The van der Waals surface area contributed by atoms with E-state index in [4.69, 9.17) is 13.3 Å². The molecule has 4 heterocycles. The lowest BCUT2D eigenvalue weighted by Crippen LogP contribution is -2.15. The molecule has 0 bridgehead atoms. The molecule has 0 fully saturated rings. The largest absolute Gasteiger partial charge is 0.455 e. The Morgan fingerprint density at radius 1 is 0.297 bits per heavy atom. The molecule has 0 unspecified atom stereocenters. The van der Waals surface area contributed by atoms with Gasteiger partial charge in [0.1, 0.15) is 22.3 Å². The van der Waals surface area contributed by atoms with E-state index in [2.05, 4.69) is 253 Å². The maximum atomic E-state index is 7.30. The highest BCUT2D eigenvalue weighted by Gasteiger charge is 2.32. The first kappa shape index (κ1) is 40.8. The van der Waals surface area contributed by atoms with Crippen LogP contribution in [-0.4, -0.2) is 0 Å². The third-order valence-electron chi connectivity index (χ3n) is 15.5. The predicted octanol–water partition coefficient (Wildman–Crippen LogP) is 20.3. The number of fused-ring (bicyclic) bond motifs is 14. The topological polar surface area (TPSA) is 45.9 Å². The zero-order valence-corrected chi connectivity index (χ0v) is 40.1. The Morgan fingerprint density at radius 2 is 0.797 bits per heavy atom. The summed E-state index contributed by atoms with van der Waals surface area (Å²) in [5.74, 6) is 0. The van der Waals surface area contributed by atoms with Crippen LogP contribution in [0.4, 0.5) is 34.1 Å². The maximum absolute atomic E-state index is 7.30. The van der Waals surface area contributed by atoms with Crippen molar-refractivity contribution in [1.29, 1.82) is 0 Å². The van der Waals surface area contributed by atoms with Crippen LogP contribution < -0.4 is 9.80 Å². The number of furan rings is 3. The molecule has 0 radical (unpaired) electrons. The van der Waals surface area contributed by atoms with Gasteiger partial charge in [0, 0.05) is 76.9 Å². The van der Waals surface area contributed by atoms with Crippen molar-refractivity contribution in [2.45, 2.75) is 6.92 Å². The highest BCUT2D eigenvalue weighted by molar-refractivity contribution is 6.31. The Bertz CT molecular complexity index is 4810. The van der Waals surface area contributed by atoms with Crippen molar-refractivity contribution in [2.75, 3.05) is 9.80 Å². The number of rotatable bonds is 6. The van der Waals surface area contributed by atoms with Crippen molar-refractivity contribution in [3.8, 4) is 33.4 Å². The van der Waals surface area contributed by atoms with Gasteiger partial charge in [0.25, 0.3) is 0 Å². The van der Waals surface area contributed by atoms with Crippen LogP contribution >= 0.6 is 0 Å². The number of para-hydroxylation sites is 6. The van der Waals surface area contributed by atoms with E-state index in [1.165, 1.54) is 5.56 Å². The van der Waals surface area contributed by atoms with E-state index in [-0.39, 0.29) is 0 Å². The van der Waals surface area contributed by atoms with E-state index >= 15 is 0 Å². The lowest BCUT2D eigenvalue weighted by Gasteiger charge is -2.33. The lowest BCUT2D eigenvalue weighted by molar-refractivity contribution is 0.669. The van der Waals surface area contributed by atoms with Gasteiger partial charge in [-0.05, 0) is 64.9 Å². The quantitative estimate of drug-likeness (QED) is 0.166. The van der Waals surface area contributed by atoms with E-state index < -0.39 is 0 Å². The predicted molar refractivity (Wildman–Crippen MR) is 307 cm³/mol. The Balaban J connectivity index is 0.970. The average molecular weight is 947 g/mol. The first-order valence-corrected chi connectivity index (χ1v) is 25.2. The monoisotopic (exact) mass is 946 g/mol. The number of benzene rings is 12. The normalized spacial score (nSPS) is 12.4. The van der Waals surface area contributed by atoms with Crippen LogP contribution in [0, 0.1) is 6.92 Å². The first-order valence-electron chi connectivity index (χ1n) is 25.2. The van der Waals surface area contributed by atoms with Gasteiger partial charge in [-0.2, -0.15) is 0 Å². The number of aryl methyl sites for hydroxylation is 1. The molecule has 3 aromatic heterocycles. The molecule has 12 aromatic carbocycles. The summed E-state index contributed by atoms with van der Waals surface area (Å²) < 4.78 is 21.6. The number of hydrogen-bond acceptors (Lipinski definition) is 5. The molecule has 1 aliphatic heterocycles. The number of nitrogens with zero attached hydrogens (tertiary/aromatic N) is 2. The molecule has 5 nitrogen and oxygen atoms in total. The summed E-state index contributed by atoms with van der Waals surface area (Å²) in [4.78, 5) is 4.80. The fraction of sp³-hybridized carbons (Fsp3) is 0.0145. The van der Waals surface area contributed by atoms with E-state index in [9.17, 15) is 0 Å². The molecule has 74 heavy (non-hydrogen) atoms. The van der Waals surface area contributed by atoms with Gasteiger partial charge in [-0.1, -0.05) is 200 Å². The zero-order chi connectivity index (χ0) is 48.6. The third kappa shape index (κ3) is 5.75. The minimum Gasteiger partial charge on any atom is -0.455 e. The SMILES string of the molecule is Cc1ccccc1N(c1cc2c(oc3cc4c5c(cccc5c32)-c2ccccc2N4c2cccc3c2oc2c(-c4ccccc4)cccc23)c2ccccc12)c1cccc2c1oc1c(-c3ccccc3)cccc12. The summed E-state index contributed by atoms with van der Waals surface area (Å²) in [6.07, 6.45) is 0. The summed E-state index contributed by atoms with van der Waals surface area (Å²) in [5.41, 5.74) is 19.0. The van der Waals surface area contributed by atoms with Gasteiger partial charge in [-0.3, -0.25) is 0 Å². The van der Waals surface area contributed by atoms with Gasteiger partial charge in [-0.25, -0.2) is 0 Å². The second-order valence-electron chi connectivity index (χ2n) is 19.5. The fourth-order valence-corrected chi connectivity index (χ4v) is 12.3. The van der Waals surface area contributed by atoms with Gasteiger partial charge in [-0.15, -0.1) is 0 Å². The second-order valence-corrected chi connectivity index (χ2v) is 19.5.